The molecule has 1 heteroatoms. The Morgan fingerprint density at radius 1 is 0.397 bits per heavy atom. The van der Waals surface area contributed by atoms with Crippen LogP contribution in [0.5, 0.6) is 0 Å². The molecule has 7 saturated carbocycles. The van der Waals surface area contributed by atoms with Gasteiger partial charge >= 0.3 is 0 Å². The van der Waals surface area contributed by atoms with Gasteiger partial charge in [-0.3, -0.25) is 0 Å². The molecule has 2 atom stereocenters. The van der Waals surface area contributed by atoms with E-state index in [0.29, 0.717) is 0 Å². The van der Waals surface area contributed by atoms with Crippen LogP contribution in [0.4, 0.5) is 17.1 Å². The van der Waals surface area contributed by atoms with Crippen molar-refractivity contribution >= 4 is 17.1 Å². The smallest absolute Gasteiger partial charge is 0.0464 e. The fraction of sp³-hybridized carbons (Fsp3) is 0.368. The highest BCUT2D eigenvalue weighted by Gasteiger charge is 2.53. The maximum atomic E-state index is 2.70. The van der Waals surface area contributed by atoms with Gasteiger partial charge in [-0.2, -0.15) is 0 Å². The lowest BCUT2D eigenvalue weighted by Gasteiger charge is -2.58. The molecular formula is C57H57N. The summed E-state index contributed by atoms with van der Waals surface area (Å²) in [5.74, 6) is 7.10. The largest absolute Gasteiger partial charge is 0.310 e. The molecule has 0 spiro atoms. The number of hydrogen-bond donors (Lipinski definition) is 0. The molecule has 0 heterocycles. The van der Waals surface area contributed by atoms with Gasteiger partial charge in [-0.05, 0) is 198 Å². The lowest BCUT2D eigenvalue weighted by Crippen LogP contribution is -2.50. The van der Waals surface area contributed by atoms with E-state index in [4.69, 9.17) is 0 Å². The van der Waals surface area contributed by atoms with Gasteiger partial charge in [0.15, 0.2) is 0 Å². The van der Waals surface area contributed by atoms with E-state index in [1.807, 2.05) is 0 Å². The second-order valence-corrected chi connectivity index (χ2v) is 19.9. The SMILES string of the molecule is c1ccc(-c2ccc(N(c3ccc(-c4ccccc4)cc3)c3ccc(-c4cccc(C5C6CC7CC(C6)CC5C7)c4)c(C45CC6CCC4CCC(C6)C5)c3)cc2)cc1. The molecule has 6 aromatic rings. The normalized spacial score (nSPS) is 30.3. The lowest BCUT2D eigenvalue weighted by molar-refractivity contribution is -0.00278. The Hall–Kier alpha value is -4.88. The highest BCUT2D eigenvalue weighted by molar-refractivity contribution is 5.83. The molecule has 13 rings (SSSR count). The molecule has 0 aromatic heterocycles. The third-order valence-corrected chi connectivity index (χ3v) is 16.7. The molecule has 58 heavy (non-hydrogen) atoms. The average Bonchev–Trinajstić information content (AvgIpc) is 3.27. The number of benzene rings is 6. The summed E-state index contributed by atoms with van der Waals surface area (Å²) < 4.78 is 0. The summed E-state index contributed by atoms with van der Waals surface area (Å²) in [7, 11) is 0. The van der Waals surface area contributed by atoms with Gasteiger partial charge in [0.05, 0.1) is 0 Å². The molecule has 7 fully saturated rings. The molecule has 7 aliphatic carbocycles. The first-order valence-corrected chi connectivity index (χ1v) is 23.0. The average molecular weight is 756 g/mol. The van der Waals surface area contributed by atoms with Gasteiger partial charge in [0.1, 0.15) is 0 Å². The van der Waals surface area contributed by atoms with Crippen molar-refractivity contribution in [3.63, 3.8) is 0 Å². The minimum atomic E-state index is 0.258. The molecule has 7 aliphatic rings. The van der Waals surface area contributed by atoms with E-state index < -0.39 is 0 Å². The van der Waals surface area contributed by atoms with Crippen molar-refractivity contribution in [2.24, 2.45) is 41.4 Å². The minimum Gasteiger partial charge on any atom is -0.310 e. The molecular weight excluding hydrogens is 699 g/mol. The van der Waals surface area contributed by atoms with Crippen LogP contribution in [0.1, 0.15) is 94.1 Å². The summed E-state index contributed by atoms with van der Waals surface area (Å²) in [6.45, 7) is 0. The second-order valence-electron chi connectivity index (χ2n) is 19.9. The highest BCUT2D eigenvalue weighted by Crippen LogP contribution is 2.63. The van der Waals surface area contributed by atoms with Crippen molar-refractivity contribution in [3.05, 3.63) is 163 Å². The van der Waals surface area contributed by atoms with Crippen LogP contribution >= 0.6 is 0 Å². The number of rotatable bonds is 8. The van der Waals surface area contributed by atoms with Crippen LogP contribution in [-0.4, -0.2) is 0 Å². The fourth-order valence-corrected chi connectivity index (χ4v) is 14.6. The van der Waals surface area contributed by atoms with Gasteiger partial charge in [0.2, 0.25) is 0 Å². The van der Waals surface area contributed by atoms with Crippen molar-refractivity contribution in [1.82, 2.24) is 0 Å². The molecule has 2 unspecified atom stereocenters. The molecule has 290 valence electrons. The molecule has 1 nitrogen and oxygen atoms in total. The van der Waals surface area contributed by atoms with Crippen LogP contribution in [0.25, 0.3) is 33.4 Å². The summed E-state index contributed by atoms with van der Waals surface area (Å²) in [6.07, 6.45) is 17.3. The standard InChI is InChI=1S/C57H57N/c1-3-8-42(9-4-1)44-16-22-51(23-17-44)58(52-24-18-45(19-25-52)43-10-5-2-6-11-43)53-26-27-54(55(35-53)57-36-38-14-20-50(57)21-15-39(28-38)37-57)46-12-7-13-47(34-46)56-48-30-40-29-41(32-48)33-49(56)31-40/h1-13,16-19,22-27,34-35,38-41,48-50,56H,14-15,20-21,28-33,36-37H2. The van der Waals surface area contributed by atoms with Crippen LogP contribution in [0.2, 0.25) is 0 Å². The van der Waals surface area contributed by atoms with E-state index in [0.717, 1.165) is 47.3 Å². The Morgan fingerprint density at radius 3 is 1.47 bits per heavy atom. The van der Waals surface area contributed by atoms with Crippen LogP contribution in [0.15, 0.2) is 152 Å². The van der Waals surface area contributed by atoms with Crippen molar-refractivity contribution in [2.75, 3.05) is 4.90 Å². The van der Waals surface area contributed by atoms with Crippen molar-refractivity contribution in [3.8, 4) is 33.4 Å². The quantitative estimate of drug-likeness (QED) is 0.150. The van der Waals surface area contributed by atoms with Crippen LogP contribution in [0.3, 0.4) is 0 Å². The molecule has 0 aliphatic heterocycles. The van der Waals surface area contributed by atoms with Gasteiger partial charge < -0.3 is 4.90 Å². The Kier molecular flexibility index (Phi) is 8.56. The maximum absolute atomic E-state index is 2.70. The van der Waals surface area contributed by atoms with Crippen molar-refractivity contribution in [2.45, 2.75) is 88.4 Å². The molecule has 6 aromatic carbocycles. The first-order valence-electron chi connectivity index (χ1n) is 23.0. The van der Waals surface area contributed by atoms with E-state index in [-0.39, 0.29) is 5.41 Å². The zero-order valence-electron chi connectivity index (χ0n) is 34.0. The van der Waals surface area contributed by atoms with E-state index in [1.165, 1.54) is 127 Å². The minimum absolute atomic E-state index is 0.258. The van der Waals surface area contributed by atoms with E-state index in [9.17, 15) is 0 Å². The summed E-state index contributed by atoms with van der Waals surface area (Å²) in [6, 6.07) is 58.0. The molecule has 0 saturated heterocycles. The fourth-order valence-electron chi connectivity index (χ4n) is 14.6. The Morgan fingerprint density at radius 2 is 0.897 bits per heavy atom. The number of fused-ring (bicyclic) bond motifs is 2. The van der Waals surface area contributed by atoms with E-state index in [2.05, 4.69) is 157 Å². The number of anilines is 3. The Bertz CT molecular complexity index is 2280. The maximum Gasteiger partial charge on any atom is 0.0464 e. The second kappa shape index (κ2) is 14.1. The highest BCUT2D eigenvalue weighted by atomic mass is 15.1. The zero-order valence-corrected chi connectivity index (χ0v) is 34.0. The summed E-state index contributed by atoms with van der Waals surface area (Å²) in [4.78, 5) is 2.54. The molecule has 0 amide bonds. The predicted molar refractivity (Wildman–Crippen MR) is 242 cm³/mol. The van der Waals surface area contributed by atoms with Gasteiger partial charge in [0.25, 0.3) is 0 Å². The van der Waals surface area contributed by atoms with Crippen LogP contribution in [-0.2, 0) is 5.41 Å². The number of hydrogen-bond acceptors (Lipinski definition) is 1. The lowest BCUT2D eigenvalue weighted by atomic mass is 9.47. The zero-order chi connectivity index (χ0) is 38.2. The van der Waals surface area contributed by atoms with Gasteiger partial charge in [-0.15, -0.1) is 0 Å². The summed E-state index contributed by atoms with van der Waals surface area (Å²) in [5, 5.41) is 0. The van der Waals surface area contributed by atoms with Gasteiger partial charge in [-0.1, -0.05) is 128 Å². The van der Waals surface area contributed by atoms with E-state index in [1.54, 1.807) is 11.1 Å². The van der Waals surface area contributed by atoms with Crippen molar-refractivity contribution < 1.29 is 0 Å². The van der Waals surface area contributed by atoms with Crippen LogP contribution in [0, 0.1) is 41.4 Å². The molecule has 0 radical (unpaired) electrons. The summed E-state index contributed by atoms with van der Waals surface area (Å²) in [5.41, 5.74) is 15.3. The van der Waals surface area contributed by atoms with Gasteiger partial charge in [-0.25, -0.2) is 0 Å². The first kappa shape index (κ1) is 35.1. The third-order valence-electron chi connectivity index (χ3n) is 16.7. The summed E-state index contributed by atoms with van der Waals surface area (Å²) >= 11 is 0. The predicted octanol–water partition coefficient (Wildman–Crippen LogP) is 15.6. The molecule has 0 N–H and O–H groups in total. The van der Waals surface area contributed by atoms with Crippen molar-refractivity contribution in [1.29, 1.82) is 0 Å². The van der Waals surface area contributed by atoms with Gasteiger partial charge in [0, 0.05) is 17.1 Å². The Balaban J connectivity index is 1.000. The monoisotopic (exact) mass is 755 g/mol. The van der Waals surface area contributed by atoms with E-state index >= 15 is 0 Å². The number of nitrogens with zero attached hydrogens (tertiary/aromatic N) is 1. The third kappa shape index (κ3) is 6.01. The topological polar surface area (TPSA) is 3.24 Å². The first-order chi connectivity index (χ1) is 28.6. The molecule has 7 bridgehead atoms. The Labute approximate surface area is 346 Å². The van der Waals surface area contributed by atoms with Crippen LogP contribution < -0.4 is 4.90 Å².